The van der Waals surface area contributed by atoms with Crippen molar-refractivity contribution in [3.05, 3.63) is 23.9 Å². The zero-order valence-electron chi connectivity index (χ0n) is 9.64. The first kappa shape index (κ1) is 13.0. The molecule has 1 unspecified atom stereocenters. The summed E-state index contributed by atoms with van der Waals surface area (Å²) < 4.78 is 4.93. The Balaban J connectivity index is 2.67. The number of rotatable bonds is 5. The van der Waals surface area contributed by atoms with E-state index in [0.29, 0.717) is 0 Å². The molecule has 1 aromatic heterocycles. The van der Waals surface area contributed by atoms with Crippen molar-refractivity contribution in [3.63, 3.8) is 0 Å². The summed E-state index contributed by atoms with van der Waals surface area (Å²) >= 11 is 0. The lowest BCUT2D eigenvalue weighted by atomic mass is 10.2. The molecule has 6 nitrogen and oxygen atoms in total. The maximum Gasteiger partial charge on any atom is 0.308 e. The third kappa shape index (κ3) is 3.44. The molecule has 0 spiro atoms. The summed E-state index contributed by atoms with van der Waals surface area (Å²) in [6, 6.07) is 3.17. The first-order valence-corrected chi connectivity index (χ1v) is 5.06. The zero-order valence-corrected chi connectivity index (χ0v) is 9.64. The highest BCUT2D eigenvalue weighted by molar-refractivity contribution is 5.96. The van der Waals surface area contributed by atoms with E-state index in [2.05, 4.69) is 10.3 Å². The van der Waals surface area contributed by atoms with Crippen molar-refractivity contribution in [2.75, 3.05) is 13.7 Å². The number of carboxylic acid groups (broad SMARTS) is 1. The van der Waals surface area contributed by atoms with Crippen LogP contribution < -0.4 is 10.1 Å². The van der Waals surface area contributed by atoms with Crippen molar-refractivity contribution in [2.45, 2.75) is 6.92 Å². The summed E-state index contributed by atoms with van der Waals surface area (Å²) in [7, 11) is 1.42. The second kappa shape index (κ2) is 5.83. The number of aromatic nitrogens is 1. The average molecular weight is 238 g/mol. The maximum atomic E-state index is 11.7. The molecule has 1 atom stereocenters. The summed E-state index contributed by atoms with van der Waals surface area (Å²) in [5, 5.41) is 11.2. The van der Waals surface area contributed by atoms with E-state index in [1.54, 1.807) is 12.1 Å². The third-order valence-electron chi connectivity index (χ3n) is 2.20. The molecule has 1 rings (SSSR count). The molecule has 0 bridgehead atoms. The first-order chi connectivity index (χ1) is 8.06. The smallest absolute Gasteiger partial charge is 0.308 e. The number of aliphatic carboxylic acids is 1. The van der Waals surface area contributed by atoms with Crippen molar-refractivity contribution in [3.8, 4) is 5.88 Å². The fourth-order valence-electron chi connectivity index (χ4n) is 1.15. The van der Waals surface area contributed by atoms with Crippen molar-refractivity contribution in [2.24, 2.45) is 5.92 Å². The van der Waals surface area contributed by atoms with Crippen LogP contribution in [0.3, 0.4) is 0 Å². The molecule has 6 heteroatoms. The van der Waals surface area contributed by atoms with Crippen molar-refractivity contribution < 1.29 is 19.4 Å². The van der Waals surface area contributed by atoms with Gasteiger partial charge in [0.15, 0.2) is 0 Å². The van der Waals surface area contributed by atoms with Crippen LogP contribution in [0.5, 0.6) is 5.88 Å². The van der Waals surface area contributed by atoms with Gasteiger partial charge in [0, 0.05) is 12.7 Å². The number of carbonyl (C=O) groups excluding carboxylic acids is 1. The van der Waals surface area contributed by atoms with Gasteiger partial charge in [0.1, 0.15) is 5.56 Å². The SMILES string of the molecule is COc1ncccc1C(=O)NCC(C)C(=O)O. The molecule has 0 radical (unpaired) electrons. The highest BCUT2D eigenvalue weighted by Crippen LogP contribution is 2.13. The standard InChI is InChI=1S/C11H14N2O4/c1-7(11(15)16)6-13-9(14)8-4-3-5-12-10(8)17-2/h3-5,7H,6H2,1-2H3,(H,13,14)(H,15,16). The van der Waals surface area contributed by atoms with E-state index in [0.717, 1.165) is 0 Å². The van der Waals surface area contributed by atoms with Crippen LogP contribution in [0.1, 0.15) is 17.3 Å². The Bertz CT molecular complexity index is 420. The van der Waals surface area contributed by atoms with Gasteiger partial charge in [-0.2, -0.15) is 0 Å². The van der Waals surface area contributed by atoms with Crippen molar-refractivity contribution in [1.29, 1.82) is 0 Å². The van der Waals surface area contributed by atoms with Gasteiger partial charge in [0.25, 0.3) is 5.91 Å². The molecular formula is C11H14N2O4. The van der Waals surface area contributed by atoms with E-state index in [4.69, 9.17) is 9.84 Å². The molecular weight excluding hydrogens is 224 g/mol. The molecule has 0 aromatic carbocycles. The molecule has 0 aliphatic heterocycles. The number of amides is 1. The lowest BCUT2D eigenvalue weighted by molar-refractivity contribution is -0.140. The monoisotopic (exact) mass is 238 g/mol. The normalized spacial score (nSPS) is 11.6. The molecule has 0 aliphatic carbocycles. The Morgan fingerprint density at radius 1 is 1.59 bits per heavy atom. The topological polar surface area (TPSA) is 88.5 Å². The minimum Gasteiger partial charge on any atom is -0.481 e. The van der Waals surface area contributed by atoms with Gasteiger partial charge in [-0.1, -0.05) is 6.92 Å². The fourth-order valence-corrected chi connectivity index (χ4v) is 1.15. The van der Waals surface area contributed by atoms with Gasteiger partial charge in [-0.15, -0.1) is 0 Å². The van der Waals surface area contributed by atoms with Crippen LogP contribution in [0.25, 0.3) is 0 Å². The summed E-state index contributed by atoms with van der Waals surface area (Å²) in [4.78, 5) is 26.2. The van der Waals surface area contributed by atoms with Gasteiger partial charge in [0.05, 0.1) is 13.0 Å². The second-order valence-electron chi connectivity index (χ2n) is 3.51. The second-order valence-corrected chi connectivity index (χ2v) is 3.51. The molecule has 0 saturated heterocycles. The Kier molecular flexibility index (Phi) is 4.45. The van der Waals surface area contributed by atoms with Gasteiger partial charge >= 0.3 is 5.97 Å². The quantitative estimate of drug-likeness (QED) is 0.781. The summed E-state index contributed by atoms with van der Waals surface area (Å²) in [6.07, 6.45) is 1.51. The number of ether oxygens (including phenoxy) is 1. The van der Waals surface area contributed by atoms with Crippen LogP contribution in [0.15, 0.2) is 18.3 Å². The maximum absolute atomic E-state index is 11.7. The van der Waals surface area contributed by atoms with E-state index >= 15 is 0 Å². The molecule has 2 N–H and O–H groups in total. The zero-order chi connectivity index (χ0) is 12.8. The number of pyridine rings is 1. The van der Waals surface area contributed by atoms with Crippen LogP contribution in [-0.4, -0.2) is 35.6 Å². The molecule has 1 aromatic rings. The molecule has 92 valence electrons. The number of hydrogen-bond donors (Lipinski definition) is 2. The highest BCUT2D eigenvalue weighted by Gasteiger charge is 2.16. The Hall–Kier alpha value is -2.11. The van der Waals surface area contributed by atoms with Gasteiger partial charge in [0.2, 0.25) is 5.88 Å². The van der Waals surface area contributed by atoms with Crippen LogP contribution >= 0.6 is 0 Å². The fraction of sp³-hybridized carbons (Fsp3) is 0.364. The summed E-state index contributed by atoms with van der Waals surface area (Å²) in [5.74, 6) is -1.78. The van der Waals surface area contributed by atoms with Crippen LogP contribution in [0, 0.1) is 5.92 Å². The minimum absolute atomic E-state index is 0.0617. The van der Waals surface area contributed by atoms with Gasteiger partial charge in [-0.3, -0.25) is 9.59 Å². The van der Waals surface area contributed by atoms with Crippen LogP contribution in [0.4, 0.5) is 0 Å². The van der Waals surface area contributed by atoms with Gasteiger partial charge in [-0.05, 0) is 12.1 Å². The number of methoxy groups -OCH3 is 1. The largest absolute Gasteiger partial charge is 0.481 e. The molecule has 0 fully saturated rings. The van der Waals surface area contributed by atoms with E-state index in [1.165, 1.54) is 20.2 Å². The van der Waals surface area contributed by atoms with Crippen LogP contribution in [0.2, 0.25) is 0 Å². The Morgan fingerprint density at radius 3 is 2.88 bits per heavy atom. The number of nitrogens with one attached hydrogen (secondary N) is 1. The average Bonchev–Trinajstić information content (AvgIpc) is 2.35. The Morgan fingerprint density at radius 2 is 2.29 bits per heavy atom. The number of carbonyl (C=O) groups is 2. The number of hydrogen-bond acceptors (Lipinski definition) is 4. The Labute approximate surface area is 98.6 Å². The van der Waals surface area contributed by atoms with E-state index in [1.807, 2.05) is 0 Å². The number of carboxylic acids is 1. The summed E-state index contributed by atoms with van der Waals surface area (Å²) in [6.45, 7) is 1.58. The van der Waals surface area contributed by atoms with E-state index < -0.39 is 17.8 Å². The van der Waals surface area contributed by atoms with Gasteiger partial charge in [-0.25, -0.2) is 4.98 Å². The molecule has 1 amide bonds. The highest BCUT2D eigenvalue weighted by atomic mass is 16.5. The lowest BCUT2D eigenvalue weighted by Crippen LogP contribution is -2.31. The predicted molar refractivity (Wildman–Crippen MR) is 59.9 cm³/mol. The first-order valence-electron chi connectivity index (χ1n) is 5.06. The number of nitrogens with zero attached hydrogens (tertiary/aromatic N) is 1. The van der Waals surface area contributed by atoms with E-state index in [-0.39, 0.29) is 18.0 Å². The minimum atomic E-state index is -0.955. The molecule has 0 saturated carbocycles. The van der Waals surface area contributed by atoms with E-state index in [9.17, 15) is 9.59 Å². The lowest BCUT2D eigenvalue weighted by Gasteiger charge is -2.10. The summed E-state index contributed by atoms with van der Waals surface area (Å²) in [5.41, 5.74) is 0.285. The van der Waals surface area contributed by atoms with Crippen molar-refractivity contribution in [1.82, 2.24) is 10.3 Å². The van der Waals surface area contributed by atoms with Crippen molar-refractivity contribution >= 4 is 11.9 Å². The predicted octanol–water partition coefficient (Wildman–Crippen LogP) is 0.541. The third-order valence-corrected chi connectivity index (χ3v) is 2.20. The van der Waals surface area contributed by atoms with Gasteiger partial charge < -0.3 is 15.2 Å². The molecule has 1 heterocycles. The molecule has 17 heavy (non-hydrogen) atoms. The molecule has 0 aliphatic rings. The van der Waals surface area contributed by atoms with Crippen LogP contribution in [-0.2, 0) is 4.79 Å².